The molecule has 4 aliphatic rings. The quantitative estimate of drug-likeness (QED) is 0.226. The van der Waals surface area contributed by atoms with E-state index in [-0.39, 0.29) is 16.4 Å². The molecule has 36 heavy (non-hydrogen) atoms. The summed E-state index contributed by atoms with van der Waals surface area (Å²) in [5, 5.41) is 0.165. The number of hydrogen-bond acceptors (Lipinski definition) is 3. The zero-order valence-corrected chi connectivity index (χ0v) is 23.9. The Morgan fingerprint density at radius 2 is 1.47 bits per heavy atom. The van der Waals surface area contributed by atoms with E-state index in [0.29, 0.717) is 0 Å². The first-order valence-corrected chi connectivity index (χ1v) is 16.6. The predicted octanol–water partition coefficient (Wildman–Crippen LogP) is 8.39. The van der Waals surface area contributed by atoms with Crippen molar-refractivity contribution in [1.82, 2.24) is 0 Å². The molecule has 0 atom stereocenters. The Bertz CT molecular complexity index is 1120. The van der Waals surface area contributed by atoms with E-state index >= 15 is 0 Å². The van der Waals surface area contributed by atoms with Crippen molar-refractivity contribution in [2.24, 2.45) is 17.8 Å². The predicted molar refractivity (Wildman–Crippen MR) is 151 cm³/mol. The van der Waals surface area contributed by atoms with Crippen LogP contribution in [-0.2, 0) is 14.9 Å². The summed E-state index contributed by atoms with van der Waals surface area (Å²) >= 11 is 0. The summed E-state index contributed by atoms with van der Waals surface area (Å²) in [5.41, 5.74) is 5.19. The lowest BCUT2D eigenvalue weighted by atomic mass is 9.48. The van der Waals surface area contributed by atoms with E-state index in [9.17, 15) is 4.79 Å². The molecule has 0 spiro atoms. The molecule has 2 aromatic carbocycles. The van der Waals surface area contributed by atoms with Gasteiger partial charge in [0.15, 0.2) is 0 Å². The van der Waals surface area contributed by atoms with Gasteiger partial charge >= 0.3 is 5.97 Å². The van der Waals surface area contributed by atoms with E-state index in [4.69, 9.17) is 9.16 Å². The van der Waals surface area contributed by atoms with Gasteiger partial charge in [0.05, 0.1) is 7.11 Å². The van der Waals surface area contributed by atoms with Crippen LogP contribution in [0.4, 0.5) is 0 Å². The number of carbonyl (C=O) groups excluding carboxylic acids is 1. The summed E-state index contributed by atoms with van der Waals surface area (Å²) in [7, 11) is -0.564. The molecule has 3 nitrogen and oxygen atoms in total. The van der Waals surface area contributed by atoms with Crippen molar-refractivity contribution in [3.8, 4) is 16.9 Å². The fourth-order valence-electron chi connectivity index (χ4n) is 7.10. The topological polar surface area (TPSA) is 35.5 Å². The molecular formula is C32H42O3Si. The molecule has 4 fully saturated rings. The van der Waals surface area contributed by atoms with Gasteiger partial charge in [-0.25, -0.2) is 4.79 Å². The highest BCUT2D eigenvalue weighted by Crippen LogP contribution is 2.62. The molecule has 0 heterocycles. The normalized spacial score (nSPS) is 27.4. The first kappa shape index (κ1) is 25.3. The maximum Gasteiger partial charge on any atom is 0.330 e. The fourth-order valence-corrected chi connectivity index (χ4v) is 8.13. The molecule has 2 aromatic rings. The number of methoxy groups -OCH3 is 1. The lowest BCUT2D eigenvalue weighted by Crippen LogP contribution is -2.49. The largest absolute Gasteiger partial charge is 0.543 e. The molecule has 4 heteroatoms. The molecular weight excluding hydrogens is 460 g/mol. The van der Waals surface area contributed by atoms with Crippen molar-refractivity contribution in [3.63, 3.8) is 0 Å². The minimum atomic E-state index is -1.96. The van der Waals surface area contributed by atoms with Crippen LogP contribution in [0.2, 0.25) is 18.1 Å². The number of hydrogen-bond donors (Lipinski definition) is 0. The van der Waals surface area contributed by atoms with E-state index in [1.54, 1.807) is 6.08 Å². The van der Waals surface area contributed by atoms with Gasteiger partial charge in [-0.1, -0.05) is 51.1 Å². The molecule has 0 aromatic heterocycles. The van der Waals surface area contributed by atoms with Gasteiger partial charge in [0.1, 0.15) is 5.75 Å². The second-order valence-electron chi connectivity index (χ2n) is 13.2. The molecule has 0 unspecified atom stereocenters. The molecule has 0 amide bonds. The van der Waals surface area contributed by atoms with Crippen LogP contribution in [0.25, 0.3) is 17.2 Å². The van der Waals surface area contributed by atoms with Crippen LogP contribution in [0.5, 0.6) is 5.75 Å². The zero-order valence-electron chi connectivity index (χ0n) is 22.9. The first-order chi connectivity index (χ1) is 17.0. The van der Waals surface area contributed by atoms with E-state index in [0.717, 1.165) is 29.1 Å². The molecule has 4 bridgehead atoms. The molecule has 4 saturated carbocycles. The Labute approximate surface area is 218 Å². The lowest BCUT2D eigenvalue weighted by Gasteiger charge is -2.57. The Hall–Kier alpha value is -2.33. The molecule has 192 valence electrons. The third-order valence-electron chi connectivity index (χ3n) is 9.62. The fraction of sp³-hybridized carbons (Fsp3) is 0.531. The van der Waals surface area contributed by atoms with Crippen molar-refractivity contribution in [2.45, 2.75) is 82.8 Å². The van der Waals surface area contributed by atoms with Crippen LogP contribution in [0.15, 0.2) is 48.5 Å². The average molecular weight is 503 g/mol. The Kier molecular flexibility index (Phi) is 6.47. The molecule has 0 radical (unpaired) electrons. The summed E-state index contributed by atoms with van der Waals surface area (Å²) in [6.45, 7) is 11.7. The SMILES string of the molecule is COC(=O)/C=C/c1ccc(-c2ccc(O[Si](C)(C)C(C)(C)C)c(C34CC5CC(CC(C5)C3)C4)c2)cc1. The van der Waals surface area contributed by atoms with Crippen LogP contribution >= 0.6 is 0 Å². The van der Waals surface area contributed by atoms with Crippen molar-refractivity contribution >= 4 is 20.4 Å². The lowest BCUT2D eigenvalue weighted by molar-refractivity contribution is -0.134. The number of carbonyl (C=O) groups is 1. The van der Waals surface area contributed by atoms with Crippen LogP contribution < -0.4 is 4.43 Å². The van der Waals surface area contributed by atoms with Gasteiger partial charge in [0.25, 0.3) is 0 Å². The number of ether oxygens (including phenoxy) is 1. The van der Waals surface area contributed by atoms with Crippen LogP contribution in [0.1, 0.15) is 70.4 Å². The Balaban J connectivity index is 1.53. The van der Waals surface area contributed by atoms with E-state index in [1.807, 2.05) is 0 Å². The number of benzene rings is 2. The second kappa shape index (κ2) is 9.20. The van der Waals surface area contributed by atoms with Crippen molar-refractivity contribution < 1.29 is 14.0 Å². The highest BCUT2D eigenvalue weighted by molar-refractivity contribution is 6.74. The van der Waals surface area contributed by atoms with Crippen molar-refractivity contribution in [2.75, 3.05) is 7.11 Å². The molecule has 0 N–H and O–H groups in total. The molecule has 6 rings (SSSR count). The smallest absolute Gasteiger partial charge is 0.330 e. The van der Waals surface area contributed by atoms with Gasteiger partial charge < -0.3 is 9.16 Å². The Morgan fingerprint density at radius 3 is 2.00 bits per heavy atom. The van der Waals surface area contributed by atoms with Gasteiger partial charge in [0.2, 0.25) is 8.32 Å². The zero-order chi connectivity index (χ0) is 25.7. The van der Waals surface area contributed by atoms with Crippen LogP contribution in [0.3, 0.4) is 0 Å². The van der Waals surface area contributed by atoms with Crippen LogP contribution in [-0.4, -0.2) is 21.4 Å². The average Bonchev–Trinajstić information content (AvgIpc) is 2.81. The molecule has 4 aliphatic carbocycles. The number of rotatable bonds is 6. The monoisotopic (exact) mass is 502 g/mol. The van der Waals surface area contributed by atoms with Crippen molar-refractivity contribution in [3.05, 3.63) is 59.7 Å². The minimum Gasteiger partial charge on any atom is -0.543 e. The highest BCUT2D eigenvalue weighted by Gasteiger charge is 2.53. The highest BCUT2D eigenvalue weighted by atomic mass is 28.4. The van der Waals surface area contributed by atoms with E-state index < -0.39 is 8.32 Å². The van der Waals surface area contributed by atoms with Gasteiger partial charge in [-0.3, -0.25) is 0 Å². The summed E-state index contributed by atoms with van der Waals surface area (Å²) in [4.78, 5) is 11.4. The maximum atomic E-state index is 11.4. The minimum absolute atomic E-state index is 0.165. The first-order valence-electron chi connectivity index (χ1n) is 13.7. The molecule has 0 saturated heterocycles. The third kappa shape index (κ3) is 4.81. The van der Waals surface area contributed by atoms with Gasteiger partial charge in [-0.05, 0) is 120 Å². The third-order valence-corrected chi connectivity index (χ3v) is 14.0. The van der Waals surface area contributed by atoms with Gasteiger partial charge in [0, 0.05) is 6.08 Å². The van der Waals surface area contributed by atoms with E-state index in [1.165, 1.54) is 68.4 Å². The molecule has 0 aliphatic heterocycles. The Morgan fingerprint density at radius 1 is 0.917 bits per heavy atom. The standard InChI is InChI=1S/C32H42O3Si/c1-31(2,3)36(5,6)35-29-13-12-27(26-10-7-22(8-11-26)9-14-30(33)34-4)18-28(29)32-19-23-15-24(20-32)17-25(16-23)21-32/h7-14,18,23-25H,15-17,19-21H2,1-6H3/b14-9+. The van der Waals surface area contributed by atoms with Crippen LogP contribution in [0, 0.1) is 17.8 Å². The van der Waals surface area contributed by atoms with Crippen molar-refractivity contribution in [1.29, 1.82) is 0 Å². The van der Waals surface area contributed by atoms with Gasteiger partial charge in [-0.15, -0.1) is 0 Å². The summed E-state index contributed by atoms with van der Waals surface area (Å²) in [5.74, 6) is 3.48. The number of esters is 1. The maximum absolute atomic E-state index is 11.4. The van der Waals surface area contributed by atoms with Gasteiger partial charge in [-0.2, -0.15) is 0 Å². The van der Waals surface area contributed by atoms with E-state index in [2.05, 4.69) is 76.3 Å². The second-order valence-corrected chi connectivity index (χ2v) is 18.0. The summed E-state index contributed by atoms with van der Waals surface area (Å²) in [6.07, 6.45) is 11.6. The summed E-state index contributed by atoms with van der Waals surface area (Å²) in [6, 6.07) is 15.4. The summed E-state index contributed by atoms with van der Waals surface area (Å²) < 4.78 is 11.8.